The maximum absolute atomic E-state index is 13.1. The van der Waals surface area contributed by atoms with Gasteiger partial charge in [0.05, 0.1) is 12.3 Å². The van der Waals surface area contributed by atoms with Crippen LogP contribution >= 0.6 is 0 Å². The third-order valence-corrected chi connectivity index (χ3v) is 2.26. The third kappa shape index (κ3) is 4.46. The zero-order valence-electron chi connectivity index (χ0n) is 10.7. The van der Waals surface area contributed by atoms with Gasteiger partial charge in [-0.05, 0) is 26.0 Å². The van der Waals surface area contributed by atoms with Crippen LogP contribution in [-0.2, 0) is 4.79 Å². The van der Waals surface area contributed by atoms with Crippen LogP contribution in [0.5, 0.6) is 5.75 Å². The summed E-state index contributed by atoms with van der Waals surface area (Å²) in [5.74, 6) is -0.733. The van der Waals surface area contributed by atoms with Crippen molar-refractivity contribution < 1.29 is 18.7 Å². The molecule has 6 nitrogen and oxygen atoms in total. The molecule has 4 N–H and O–H groups in total. The number of nitrogens with one attached hydrogen (secondary N) is 2. The van der Waals surface area contributed by atoms with Gasteiger partial charge in [0.1, 0.15) is 17.6 Å². The first-order chi connectivity index (χ1) is 8.93. The Hall–Kier alpha value is -2.31. The minimum absolute atomic E-state index is 0.293. The van der Waals surface area contributed by atoms with Gasteiger partial charge in [-0.3, -0.25) is 10.1 Å². The molecule has 0 bridgehead atoms. The summed E-state index contributed by atoms with van der Waals surface area (Å²) in [7, 11) is 0. The molecular formula is C12H16FN3O3. The van der Waals surface area contributed by atoms with Crippen LogP contribution in [0.3, 0.4) is 0 Å². The molecule has 19 heavy (non-hydrogen) atoms. The Bertz CT molecular complexity index is 479. The number of carbonyl (C=O) groups excluding carboxylic acids is 2. The molecule has 0 spiro atoms. The SMILES string of the molecule is CCOc1cc(F)ccc1N[C@H](C)C(=O)NC(N)=O. The molecule has 0 aliphatic heterocycles. The molecule has 3 amide bonds. The molecule has 0 radical (unpaired) electrons. The highest BCUT2D eigenvalue weighted by Gasteiger charge is 2.16. The van der Waals surface area contributed by atoms with Crippen LogP contribution < -0.4 is 21.1 Å². The maximum atomic E-state index is 13.1. The van der Waals surface area contributed by atoms with Gasteiger partial charge in [-0.2, -0.15) is 0 Å². The van der Waals surface area contributed by atoms with E-state index in [1.165, 1.54) is 25.1 Å². The van der Waals surface area contributed by atoms with Gasteiger partial charge in [-0.25, -0.2) is 9.18 Å². The Morgan fingerprint density at radius 2 is 2.16 bits per heavy atom. The molecule has 0 unspecified atom stereocenters. The highest BCUT2D eigenvalue weighted by Crippen LogP contribution is 2.26. The fourth-order valence-electron chi connectivity index (χ4n) is 1.42. The molecule has 0 aliphatic carbocycles. The highest BCUT2D eigenvalue weighted by atomic mass is 19.1. The van der Waals surface area contributed by atoms with Crippen LogP contribution in [0.2, 0.25) is 0 Å². The molecule has 0 saturated carbocycles. The number of ether oxygens (including phenoxy) is 1. The van der Waals surface area contributed by atoms with E-state index < -0.39 is 23.8 Å². The maximum Gasteiger partial charge on any atom is 0.318 e. The summed E-state index contributed by atoms with van der Waals surface area (Å²) in [6.45, 7) is 3.66. The average Bonchev–Trinajstić information content (AvgIpc) is 2.32. The van der Waals surface area contributed by atoms with E-state index in [0.717, 1.165) is 0 Å². The summed E-state index contributed by atoms with van der Waals surface area (Å²) in [6, 6.07) is 2.25. The molecule has 7 heteroatoms. The number of hydrogen-bond acceptors (Lipinski definition) is 4. The molecule has 1 aromatic carbocycles. The summed E-state index contributed by atoms with van der Waals surface area (Å²) < 4.78 is 18.3. The number of nitrogens with two attached hydrogens (primary N) is 1. The summed E-state index contributed by atoms with van der Waals surface area (Å²) in [6.07, 6.45) is 0. The van der Waals surface area contributed by atoms with Crippen molar-refractivity contribution >= 4 is 17.6 Å². The van der Waals surface area contributed by atoms with Gasteiger partial charge in [0.2, 0.25) is 5.91 Å². The topological polar surface area (TPSA) is 93.4 Å². The third-order valence-electron chi connectivity index (χ3n) is 2.26. The Morgan fingerprint density at radius 3 is 2.74 bits per heavy atom. The number of amides is 3. The smallest absolute Gasteiger partial charge is 0.318 e. The fourth-order valence-corrected chi connectivity index (χ4v) is 1.42. The lowest BCUT2D eigenvalue weighted by Crippen LogP contribution is -2.43. The summed E-state index contributed by atoms with van der Waals surface area (Å²) in [5.41, 5.74) is 5.30. The van der Waals surface area contributed by atoms with E-state index in [0.29, 0.717) is 18.0 Å². The van der Waals surface area contributed by atoms with Crippen molar-refractivity contribution in [3.63, 3.8) is 0 Å². The number of imide groups is 1. The molecule has 104 valence electrons. The lowest BCUT2D eigenvalue weighted by atomic mass is 10.2. The number of hydrogen-bond donors (Lipinski definition) is 3. The number of carbonyl (C=O) groups is 2. The van der Waals surface area contributed by atoms with E-state index in [9.17, 15) is 14.0 Å². The first-order valence-corrected chi connectivity index (χ1v) is 5.73. The van der Waals surface area contributed by atoms with Crippen LogP contribution in [0, 0.1) is 5.82 Å². The van der Waals surface area contributed by atoms with Gasteiger partial charge in [-0.15, -0.1) is 0 Å². The Kier molecular flexibility index (Phi) is 5.11. The Balaban J connectivity index is 2.80. The zero-order chi connectivity index (χ0) is 14.4. The van der Waals surface area contributed by atoms with Gasteiger partial charge >= 0.3 is 6.03 Å². The van der Waals surface area contributed by atoms with E-state index in [-0.39, 0.29) is 0 Å². The second-order valence-electron chi connectivity index (χ2n) is 3.79. The van der Waals surface area contributed by atoms with Crippen molar-refractivity contribution in [3.8, 4) is 5.75 Å². The number of anilines is 1. The summed E-state index contributed by atoms with van der Waals surface area (Å²) >= 11 is 0. The summed E-state index contributed by atoms with van der Waals surface area (Å²) in [4.78, 5) is 22.1. The Morgan fingerprint density at radius 1 is 1.47 bits per heavy atom. The zero-order valence-corrected chi connectivity index (χ0v) is 10.7. The van der Waals surface area contributed by atoms with Crippen LogP contribution in [-0.4, -0.2) is 24.6 Å². The van der Waals surface area contributed by atoms with E-state index in [1.54, 1.807) is 6.92 Å². The van der Waals surface area contributed by atoms with Gasteiger partial charge in [0.15, 0.2) is 0 Å². The molecule has 0 saturated heterocycles. The van der Waals surface area contributed by atoms with E-state index >= 15 is 0 Å². The van der Waals surface area contributed by atoms with Crippen molar-refractivity contribution in [3.05, 3.63) is 24.0 Å². The molecule has 0 aliphatic rings. The number of primary amides is 1. The molecule has 1 aromatic rings. The number of urea groups is 1. The van der Waals surface area contributed by atoms with Crippen molar-refractivity contribution in [2.24, 2.45) is 5.73 Å². The normalized spacial score (nSPS) is 11.5. The average molecular weight is 269 g/mol. The molecule has 1 rings (SSSR count). The lowest BCUT2D eigenvalue weighted by molar-refractivity contribution is -0.120. The van der Waals surface area contributed by atoms with Gasteiger partial charge in [-0.1, -0.05) is 0 Å². The van der Waals surface area contributed by atoms with E-state index in [1.807, 2.05) is 5.32 Å². The Labute approximate surface area is 110 Å². The molecule has 0 heterocycles. The number of rotatable bonds is 5. The minimum Gasteiger partial charge on any atom is -0.492 e. The van der Waals surface area contributed by atoms with Gasteiger partial charge < -0.3 is 15.8 Å². The van der Waals surface area contributed by atoms with Crippen molar-refractivity contribution in [1.82, 2.24) is 5.32 Å². The van der Waals surface area contributed by atoms with Crippen LogP contribution in [0.25, 0.3) is 0 Å². The monoisotopic (exact) mass is 269 g/mol. The standard InChI is InChI=1S/C12H16FN3O3/c1-3-19-10-6-8(13)4-5-9(10)15-7(2)11(17)16-12(14)18/h4-7,15H,3H2,1-2H3,(H3,14,16,17,18)/t7-/m1/s1. The molecular weight excluding hydrogens is 253 g/mol. The predicted molar refractivity (Wildman–Crippen MR) is 68.4 cm³/mol. The number of halogens is 1. The van der Waals surface area contributed by atoms with Gasteiger partial charge in [0, 0.05) is 6.07 Å². The largest absolute Gasteiger partial charge is 0.492 e. The predicted octanol–water partition coefficient (Wildman–Crippen LogP) is 1.22. The second-order valence-corrected chi connectivity index (χ2v) is 3.79. The van der Waals surface area contributed by atoms with Crippen molar-refractivity contribution in [2.75, 3.05) is 11.9 Å². The van der Waals surface area contributed by atoms with E-state index in [2.05, 4.69) is 5.32 Å². The van der Waals surface area contributed by atoms with Crippen LogP contribution in [0.1, 0.15) is 13.8 Å². The van der Waals surface area contributed by atoms with Crippen molar-refractivity contribution in [2.45, 2.75) is 19.9 Å². The van der Waals surface area contributed by atoms with Crippen molar-refractivity contribution in [1.29, 1.82) is 0 Å². The van der Waals surface area contributed by atoms with E-state index in [4.69, 9.17) is 10.5 Å². The second kappa shape index (κ2) is 6.58. The van der Waals surface area contributed by atoms with Gasteiger partial charge in [0.25, 0.3) is 0 Å². The number of benzene rings is 1. The molecule has 1 atom stereocenters. The van der Waals surface area contributed by atoms with Crippen LogP contribution in [0.4, 0.5) is 14.9 Å². The van der Waals surface area contributed by atoms with Crippen LogP contribution in [0.15, 0.2) is 18.2 Å². The summed E-state index contributed by atoms with van der Waals surface area (Å²) in [5, 5.41) is 4.76. The first-order valence-electron chi connectivity index (χ1n) is 5.73. The fraction of sp³-hybridized carbons (Fsp3) is 0.333. The lowest BCUT2D eigenvalue weighted by Gasteiger charge is -2.17. The first kappa shape index (κ1) is 14.7. The highest BCUT2D eigenvalue weighted by molar-refractivity contribution is 5.97. The molecule has 0 aromatic heterocycles. The molecule has 0 fully saturated rings. The minimum atomic E-state index is -0.928. The quantitative estimate of drug-likeness (QED) is 0.749.